The van der Waals surface area contributed by atoms with E-state index in [2.05, 4.69) is 174 Å². The Labute approximate surface area is 350 Å². The summed E-state index contributed by atoms with van der Waals surface area (Å²) in [5.74, 6) is 3.16. The lowest BCUT2D eigenvalue weighted by Gasteiger charge is -2.49. The maximum Gasteiger partial charge on any atom is 0.0502 e. The smallest absolute Gasteiger partial charge is 0.0502 e. The molecule has 7 aliphatic rings. The summed E-state index contributed by atoms with van der Waals surface area (Å²) in [6.45, 7) is 14.8. The Hall–Kier alpha value is -4.53. The third kappa shape index (κ3) is 4.73. The van der Waals surface area contributed by atoms with Gasteiger partial charge in [-0.2, -0.15) is 0 Å². The van der Waals surface area contributed by atoms with E-state index in [0.717, 1.165) is 11.8 Å². The quantitative estimate of drug-likeness (QED) is 0.176. The lowest BCUT2D eigenvalue weighted by atomic mass is 9.57. The van der Waals surface area contributed by atoms with Crippen molar-refractivity contribution in [2.75, 3.05) is 4.90 Å². The van der Waals surface area contributed by atoms with Crippen molar-refractivity contribution in [3.63, 3.8) is 0 Å². The van der Waals surface area contributed by atoms with Gasteiger partial charge >= 0.3 is 0 Å². The van der Waals surface area contributed by atoms with Crippen molar-refractivity contribution < 1.29 is 0 Å². The average Bonchev–Trinajstić information content (AvgIpc) is 3.74. The Kier molecular flexibility index (Phi) is 7.35. The van der Waals surface area contributed by atoms with E-state index in [9.17, 15) is 0 Å². The fourth-order valence-electron chi connectivity index (χ4n) is 13.9. The molecule has 5 unspecified atom stereocenters. The van der Waals surface area contributed by atoms with Crippen molar-refractivity contribution in [3.05, 3.63) is 161 Å². The van der Waals surface area contributed by atoms with Crippen molar-refractivity contribution in [1.29, 1.82) is 0 Å². The Morgan fingerprint density at radius 2 is 1.24 bits per heavy atom. The van der Waals surface area contributed by atoms with Crippen LogP contribution in [0, 0.1) is 23.7 Å². The molecule has 4 fully saturated rings. The molecule has 0 N–H and O–H groups in total. The molecule has 1 aliphatic heterocycles. The first-order valence-corrected chi connectivity index (χ1v) is 23.0. The molecular weight excluding hydrogens is 719 g/mol. The SMILES string of the molecule is CC1(C)CCC(C)(C)c2c(N(c3ccc4c(c3)C(C)(C)c3ccccc3-4)c3ccc4c(c3)C3(c5ccc(-c6ccccc6)cc5S4)C4CC5CC(C4)C3C5)cccc21. The summed E-state index contributed by atoms with van der Waals surface area (Å²) < 4.78 is 0. The van der Waals surface area contributed by atoms with Crippen LogP contribution in [0.25, 0.3) is 22.3 Å². The van der Waals surface area contributed by atoms with Gasteiger partial charge in [0, 0.05) is 32.0 Å². The first-order chi connectivity index (χ1) is 27.9. The lowest BCUT2D eigenvalue weighted by molar-refractivity contribution is 0.181. The number of anilines is 3. The highest BCUT2D eigenvalue weighted by atomic mass is 32.2. The zero-order valence-corrected chi connectivity index (χ0v) is 35.8. The molecule has 5 atom stereocenters. The monoisotopic (exact) mass is 773 g/mol. The van der Waals surface area contributed by atoms with Crippen LogP contribution in [0.1, 0.15) is 113 Å². The second kappa shape index (κ2) is 12.0. The highest BCUT2D eigenvalue weighted by Crippen LogP contribution is 2.72. The van der Waals surface area contributed by atoms with Gasteiger partial charge in [-0.05, 0) is 171 Å². The van der Waals surface area contributed by atoms with E-state index >= 15 is 0 Å². The van der Waals surface area contributed by atoms with Crippen molar-refractivity contribution in [2.24, 2.45) is 23.7 Å². The highest BCUT2D eigenvalue weighted by molar-refractivity contribution is 7.99. The molecule has 4 bridgehead atoms. The Bertz CT molecular complexity index is 2680. The van der Waals surface area contributed by atoms with Crippen LogP contribution in [0.5, 0.6) is 0 Å². The predicted molar refractivity (Wildman–Crippen MR) is 243 cm³/mol. The fraction of sp³-hybridized carbons (Fsp3) is 0.357. The molecule has 0 amide bonds. The number of nitrogens with zero attached hydrogens (tertiary/aromatic N) is 1. The van der Waals surface area contributed by atoms with Crippen molar-refractivity contribution in [3.8, 4) is 22.3 Å². The van der Waals surface area contributed by atoms with Gasteiger partial charge in [-0.1, -0.05) is 138 Å². The minimum Gasteiger partial charge on any atom is -0.310 e. The highest BCUT2D eigenvalue weighted by Gasteiger charge is 2.65. The summed E-state index contributed by atoms with van der Waals surface area (Å²) in [4.78, 5) is 5.65. The van der Waals surface area contributed by atoms with Crippen molar-refractivity contribution >= 4 is 28.8 Å². The van der Waals surface area contributed by atoms with Gasteiger partial charge < -0.3 is 4.90 Å². The van der Waals surface area contributed by atoms with E-state index in [4.69, 9.17) is 0 Å². The summed E-state index contributed by atoms with van der Waals surface area (Å²) in [6, 6.07) is 50.0. The van der Waals surface area contributed by atoms with E-state index in [-0.39, 0.29) is 21.7 Å². The zero-order valence-electron chi connectivity index (χ0n) is 35.0. The first-order valence-electron chi connectivity index (χ1n) is 22.2. The fourth-order valence-corrected chi connectivity index (χ4v) is 15.1. The van der Waals surface area contributed by atoms with Crippen LogP contribution in [0.3, 0.4) is 0 Å². The molecule has 13 rings (SSSR count). The van der Waals surface area contributed by atoms with Gasteiger partial charge in [0.05, 0.1) is 5.69 Å². The molecule has 6 aromatic rings. The molecule has 290 valence electrons. The van der Waals surface area contributed by atoms with E-state index in [1.807, 2.05) is 11.8 Å². The maximum absolute atomic E-state index is 2.71. The molecule has 6 aromatic carbocycles. The summed E-state index contributed by atoms with van der Waals surface area (Å²) in [5.41, 5.74) is 18.6. The molecule has 58 heavy (non-hydrogen) atoms. The Morgan fingerprint density at radius 3 is 2.07 bits per heavy atom. The summed E-state index contributed by atoms with van der Waals surface area (Å²) in [6.07, 6.45) is 7.96. The van der Waals surface area contributed by atoms with Gasteiger partial charge in [0.2, 0.25) is 0 Å². The van der Waals surface area contributed by atoms with Crippen LogP contribution in [-0.4, -0.2) is 0 Å². The first kappa shape index (κ1) is 35.4. The molecule has 1 nitrogen and oxygen atoms in total. The van der Waals surface area contributed by atoms with Gasteiger partial charge in [0.25, 0.3) is 0 Å². The minimum atomic E-state index is -0.0774. The van der Waals surface area contributed by atoms with Crippen LogP contribution < -0.4 is 4.90 Å². The Morgan fingerprint density at radius 1 is 0.517 bits per heavy atom. The Balaban J connectivity index is 1.09. The number of hydrogen-bond donors (Lipinski definition) is 0. The van der Waals surface area contributed by atoms with E-state index in [1.165, 1.54) is 110 Å². The predicted octanol–water partition coefficient (Wildman–Crippen LogP) is 15.3. The largest absolute Gasteiger partial charge is 0.310 e. The van der Waals surface area contributed by atoms with Crippen molar-refractivity contribution in [1.82, 2.24) is 0 Å². The molecule has 0 radical (unpaired) electrons. The maximum atomic E-state index is 2.71. The number of fused-ring (bicyclic) bond motifs is 6. The van der Waals surface area contributed by atoms with Gasteiger partial charge in [0.15, 0.2) is 0 Å². The molecule has 4 saturated carbocycles. The topological polar surface area (TPSA) is 3.24 Å². The molecule has 0 aromatic heterocycles. The average molecular weight is 774 g/mol. The van der Waals surface area contributed by atoms with Crippen molar-refractivity contribution in [2.45, 2.75) is 112 Å². The summed E-state index contributed by atoms with van der Waals surface area (Å²) >= 11 is 2.03. The van der Waals surface area contributed by atoms with E-state index < -0.39 is 0 Å². The number of benzene rings is 6. The van der Waals surface area contributed by atoms with Gasteiger partial charge in [-0.3, -0.25) is 0 Å². The normalized spacial score (nSPS) is 26.8. The van der Waals surface area contributed by atoms with Crippen LogP contribution in [0.15, 0.2) is 137 Å². The summed E-state index contributed by atoms with van der Waals surface area (Å²) in [5, 5.41) is 0. The number of rotatable bonds is 4. The molecule has 6 aliphatic carbocycles. The van der Waals surface area contributed by atoms with Crippen LogP contribution in [-0.2, 0) is 21.7 Å². The van der Waals surface area contributed by atoms with Crippen LogP contribution in [0.2, 0.25) is 0 Å². The molecule has 0 saturated heterocycles. The molecule has 1 spiro atoms. The minimum absolute atomic E-state index is 0.0517. The van der Waals surface area contributed by atoms with E-state index in [0.29, 0.717) is 11.8 Å². The second-order valence-electron chi connectivity index (χ2n) is 20.8. The van der Waals surface area contributed by atoms with Crippen LogP contribution >= 0.6 is 11.8 Å². The third-order valence-corrected chi connectivity index (χ3v) is 17.7. The van der Waals surface area contributed by atoms with Gasteiger partial charge in [-0.15, -0.1) is 0 Å². The third-order valence-electron chi connectivity index (χ3n) is 16.5. The summed E-state index contributed by atoms with van der Waals surface area (Å²) in [7, 11) is 0. The molecule has 2 heteroatoms. The van der Waals surface area contributed by atoms with E-state index in [1.54, 1.807) is 11.1 Å². The molecular formula is C56H55NS. The molecule has 1 heterocycles. The number of hydrogen-bond acceptors (Lipinski definition) is 2. The van der Waals surface area contributed by atoms with Gasteiger partial charge in [0.1, 0.15) is 0 Å². The second-order valence-corrected chi connectivity index (χ2v) is 21.9. The van der Waals surface area contributed by atoms with Gasteiger partial charge in [-0.25, -0.2) is 0 Å². The standard InChI is InChI=1S/C56H55NS/c1-53(2)25-26-54(3,4)52-45(53)17-12-18-49(52)57(39-20-22-42-41-15-10-11-16-43(41)55(5,6)47(42)32-39)40-21-24-50-48(33-40)56(38-28-34-27-37(30-38)46(56)29-34)44-23-19-36(31-51(44)58-50)35-13-8-7-9-14-35/h7-24,31-34,37-38,46H,25-30H2,1-6H3. The lowest BCUT2D eigenvalue weighted by Crippen LogP contribution is -2.44. The zero-order chi connectivity index (χ0) is 39.3. The van der Waals surface area contributed by atoms with Crippen LogP contribution in [0.4, 0.5) is 17.1 Å².